The van der Waals surface area contributed by atoms with Crippen molar-refractivity contribution in [2.24, 2.45) is 0 Å². The highest BCUT2D eigenvalue weighted by Crippen LogP contribution is 2.37. The van der Waals surface area contributed by atoms with Gasteiger partial charge in [0, 0.05) is 61.5 Å². The molecular formula is C25H28N6O2S. The van der Waals surface area contributed by atoms with Gasteiger partial charge in [-0.25, -0.2) is 4.98 Å². The normalized spacial score (nSPS) is 14.5. The molecule has 0 spiro atoms. The lowest BCUT2D eigenvalue weighted by molar-refractivity contribution is -0.120. The van der Waals surface area contributed by atoms with Crippen molar-refractivity contribution in [2.45, 2.75) is 19.9 Å². The molecule has 0 saturated carbocycles. The molecule has 1 aliphatic rings. The average Bonchev–Trinajstić information content (AvgIpc) is 3.50. The third-order valence-electron chi connectivity index (χ3n) is 5.91. The quantitative estimate of drug-likeness (QED) is 0.420. The molecule has 1 amide bonds. The van der Waals surface area contributed by atoms with Gasteiger partial charge in [-0.1, -0.05) is 6.07 Å². The SMILES string of the molecule is CCNC(=O)Cc1nc2cc(-c3cccnc3)cc(-c3cnn(CCN4CCOCC4)c3)c2s1. The van der Waals surface area contributed by atoms with Gasteiger partial charge in [0.1, 0.15) is 5.01 Å². The Labute approximate surface area is 202 Å². The van der Waals surface area contributed by atoms with Crippen LogP contribution in [0.2, 0.25) is 0 Å². The molecule has 176 valence electrons. The second-order valence-corrected chi connectivity index (χ2v) is 9.38. The maximum Gasteiger partial charge on any atom is 0.226 e. The van der Waals surface area contributed by atoms with Gasteiger partial charge in [-0.3, -0.25) is 19.4 Å². The predicted molar refractivity (Wildman–Crippen MR) is 134 cm³/mol. The second-order valence-electron chi connectivity index (χ2n) is 8.30. The van der Waals surface area contributed by atoms with Gasteiger partial charge < -0.3 is 10.1 Å². The third-order valence-corrected chi connectivity index (χ3v) is 7.01. The minimum absolute atomic E-state index is 0.00785. The van der Waals surface area contributed by atoms with Gasteiger partial charge in [-0.15, -0.1) is 11.3 Å². The number of morpholine rings is 1. The lowest BCUT2D eigenvalue weighted by Crippen LogP contribution is -2.38. The van der Waals surface area contributed by atoms with E-state index >= 15 is 0 Å². The van der Waals surface area contributed by atoms with Crippen molar-refractivity contribution >= 4 is 27.5 Å². The lowest BCUT2D eigenvalue weighted by Gasteiger charge is -2.26. The molecule has 1 aromatic carbocycles. The van der Waals surface area contributed by atoms with Crippen LogP contribution in [0.1, 0.15) is 11.9 Å². The minimum atomic E-state index is -0.00785. The van der Waals surface area contributed by atoms with Crippen LogP contribution in [0.25, 0.3) is 32.5 Å². The number of hydrogen-bond acceptors (Lipinski definition) is 7. The number of nitrogens with zero attached hydrogens (tertiary/aromatic N) is 5. The van der Waals surface area contributed by atoms with Crippen molar-refractivity contribution in [3.8, 4) is 22.3 Å². The van der Waals surface area contributed by atoms with Gasteiger partial charge in [0.15, 0.2) is 0 Å². The number of thiazole rings is 1. The van der Waals surface area contributed by atoms with E-state index in [1.54, 1.807) is 17.5 Å². The summed E-state index contributed by atoms with van der Waals surface area (Å²) >= 11 is 1.58. The van der Waals surface area contributed by atoms with E-state index in [0.717, 1.165) is 76.9 Å². The summed E-state index contributed by atoms with van der Waals surface area (Å²) < 4.78 is 8.52. The fourth-order valence-electron chi connectivity index (χ4n) is 4.16. The molecule has 4 aromatic rings. The number of rotatable bonds is 8. The van der Waals surface area contributed by atoms with Gasteiger partial charge in [0.05, 0.1) is 42.6 Å². The standard InChI is InChI=1S/C25H28N6O2S/c1-2-27-23(32)14-24-29-22-13-19(18-4-3-5-26-15-18)12-21(25(22)34-24)20-16-28-31(17-20)7-6-30-8-10-33-11-9-30/h3-5,12-13,15-17H,2,6-11,14H2,1H3,(H,27,32). The number of pyridine rings is 1. The number of carbonyl (C=O) groups is 1. The van der Waals surface area contributed by atoms with Crippen LogP contribution in [0, 0.1) is 0 Å². The Bertz CT molecular complexity index is 1260. The Kier molecular flexibility index (Phi) is 6.94. The highest BCUT2D eigenvalue weighted by molar-refractivity contribution is 7.19. The zero-order valence-corrected chi connectivity index (χ0v) is 20.1. The number of aromatic nitrogens is 4. The molecule has 4 heterocycles. The van der Waals surface area contributed by atoms with Crippen LogP contribution in [-0.2, 0) is 22.5 Å². The lowest BCUT2D eigenvalue weighted by atomic mass is 10.0. The monoisotopic (exact) mass is 476 g/mol. The molecule has 0 bridgehead atoms. The Hall–Kier alpha value is -3.14. The van der Waals surface area contributed by atoms with Gasteiger partial charge in [0.25, 0.3) is 0 Å². The molecule has 1 N–H and O–H groups in total. The van der Waals surface area contributed by atoms with Crippen LogP contribution in [0.3, 0.4) is 0 Å². The number of likely N-dealkylation sites (N-methyl/N-ethyl adjacent to an activating group) is 1. The second kappa shape index (κ2) is 10.4. The van der Waals surface area contributed by atoms with E-state index < -0.39 is 0 Å². The maximum atomic E-state index is 12.2. The number of nitrogens with one attached hydrogen (secondary N) is 1. The number of benzene rings is 1. The largest absolute Gasteiger partial charge is 0.379 e. The molecule has 0 unspecified atom stereocenters. The van der Waals surface area contributed by atoms with Crippen LogP contribution in [0.4, 0.5) is 0 Å². The maximum absolute atomic E-state index is 12.2. The molecular weight excluding hydrogens is 448 g/mol. The van der Waals surface area contributed by atoms with E-state index in [1.807, 2.05) is 36.1 Å². The smallest absolute Gasteiger partial charge is 0.226 e. The molecule has 1 aliphatic heterocycles. The molecule has 0 atom stereocenters. The number of ether oxygens (including phenoxy) is 1. The van der Waals surface area contributed by atoms with Gasteiger partial charge in [-0.2, -0.15) is 5.10 Å². The van der Waals surface area contributed by atoms with Gasteiger partial charge in [0.2, 0.25) is 5.91 Å². The van der Waals surface area contributed by atoms with Crippen LogP contribution < -0.4 is 5.32 Å². The molecule has 5 rings (SSSR count). The first-order valence-corrected chi connectivity index (χ1v) is 12.4. The summed E-state index contributed by atoms with van der Waals surface area (Å²) in [6.45, 7) is 7.85. The Morgan fingerprint density at radius 1 is 1.15 bits per heavy atom. The molecule has 0 aliphatic carbocycles. The average molecular weight is 477 g/mol. The van der Waals surface area contributed by atoms with Gasteiger partial charge >= 0.3 is 0 Å². The topological polar surface area (TPSA) is 85.2 Å². The number of hydrogen-bond donors (Lipinski definition) is 1. The fourth-order valence-corrected chi connectivity index (χ4v) is 5.24. The third kappa shape index (κ3) is 5.16. The van der Waals surface area contributed by atoms with E-state index in [2.05, 4.69) is 38.6 Å². The van der Waals surface area contributed by atoms with E-state index in [1.165, 1.54) is 0 Å². The van der Waals surface area contributed by atoms with Crippen LogP contribution in [0.5, 0.6) is 0 Å². The van der Waals surface area contributed by atoms with E-state index in [4.69, 9.17) is 9.72 Å². The summed E-state index contributed by atoms with van der Waals surface area (Å²) in [7, 11) is 0. The zero-order chi connectivity index (χ0) is 23.3. The Morgan fingerprint density at radius 3 is 2.82 bits per heavy atom. The molecule has 34 heavy (non-hydrogen) atoms. The van der Waals surface area contributed by atoms with Crippen molar-refractivity contribution < 1.29 is 9.53 Å². The summed E-state index contributed by atoms with van der Waals surface area (Å²) in [5, 5.41) is 8.30. The highest BCUT2D eigenvalue weighted by Gasteiger charge is 2.16. The first kappa shape index (κ1) is 22.6. The fraction of sp³-hybridized carbons (Fsp3) is 0.360. The molecule has 1 fully saturated rings. The molecule has 8 nitrogen and oxygen atoms in total. The highest BCUT2D eigenvalue weighted by atomic mass is 32.1. The summed E-state index contributed by atoms with van der Waals surface area (Å²) in [4.78, 5) is 23.6. The minimum Gasteiger partial charge on any atom is -0.379 e. The first-order chi connectivity index (χ1) is 16.7. The van der Waals surface area contributed by atoms with Crippen LogP contribution in [0.15, 0.2) is 49.1 Å². The van der Waals surface area contributed by atoms with Crippen LogP contribution >= 0.6 is 11.3 Å². The predicted octanol–water partition coefficient (Wildman–Crippen LogP) is 3.23. The molecule has 1 saturated heterocycles. The summed E-state index contributed by atoms with van der Waals surface area (Å²) in [6, 6.07) is 8.24. The van der Waals surface area contributed by atoms with Crippen molar-refractivity contribution in [3.63, 3.8) is 0 Å². The number of carbonyl (C=O) groups excluding carboxylic acids is 1. The van der Waals surface area contributed by atoms with E-state index in [9.17, 15) is 4.79 Å². The Morgan fingerprint density at radius 2 is 2.03 bits per heavy atom. The molecule has 9 heteroatoms. The Balaban J connectivity index is 1.47. The van der Waals surface area contributed by atoms with Gasteiger partial charge in [-0.05, 0) is 30.7 Å². The van der Waals surface area contributed by atoms with E-state index in [0.29, 0.717) is 6.54 Å². The van der Waals surface area contributed by atoms with Crippen molar-refractivity contribution in [1.82, 2.24) is 30.0 Å². The number of fused-ring (bicyclic) bond motifs is 1. The van der Waals surface area contributed by atoms with Crippen molar-refractivity contribution in [3.05, 3.63) is 54.1 Å². The number of amides is 1. The zero-order valence-electron chi connectivity index (χ0n) is 19.2. The molecule has 0 radical (unpaired) electrons. The van der Waals surface area contributed by atoms with E-state index in [-0.39, 0.29) is 12.3 Å². The summed E-state index contributed by atoms with van der Waals surface area (Å²) in [5.74, 6) is -0.00785. The van der Waals surface area contributed by atoms with Crippen LogP contribution in [-0.4, -0.2) is 69.9 Å². The van der Waals surface area contributed by atoms with Crippen molar-refractivity contribution in [1.29, 1.82) is 0 Å². The summed E-state index contributed by atoms with van der Waals surface area (Å²) in [6.07, 6.45) is 7.94. The molecule has 3 aromatic heterocycles. The summed E-state index contributed by atoms with van der Waals surface area (Å²) in [5.41, 5.74) is 5.09. The first-order valence-electron chi connectivity index (χ1n) is 11.6. The van der Waals surface area contributed by atoms with Crippen molar-refractivity contribution in [2.75, 3.05) is 39.4 Å².